The molecule has 3 nitrogen and oxygen atoms in total. The van der Waals surface area contributed by atoms with Crippen molar-refractivity contribution in [2.24, 2.45) is 11.7 Å². The third-order valence-electron chi connectivity index (χ3n) is 2.36. The van der Waals surface area contributed by atoms with Crippen molar-refractivity contribution in [3.63, 3.8) is 0 Å². The normalized spacial score (nSPS) is 25.8. The van der Waals surface area contributed by atoms with E-state index in [1.54, 1.807) is 0 Å². The molecule has 78 valence electrons. The molecule has 1 aliphatic heterocycles. The first-order valence-corrected chi connectivity index (χ1v) is 5.26. The van der Waals surface area contributed by atoms with Crippen LogP contribution in [0.4, 0.5) is 0 Å². The number of nitrogens with two attached hydrogens (primary N) is 1. The van der Waals surface area contributed by atoms with Gasteiger partial charge in [-0.15, -0.1) is 0 Å². The lowest BCUT2D eigenvalue weighted by molar-refractivity contribution is -0.168. The summed E-state index contributed by atoms with van der Waals surface area (Å²) in [6.07, 6.45) is 4.55. The summed E-state index contributed by atoms with van der Waals surface area (Å²) in [7, 11) is 0. The highest BCUT2D eigenvalue weighted by molar-refractivity contribution is 4.56. The van der Waals surface area contributed by atoms with Gasteiger partial charge in [-0.25, -0.2) is 0 Å². The van der Waals surface area contributed by atoms with E-state index < -0.39 is 0 Å². The molecule has 1 saturated heterocycles. The van der Waals surface area contributed by atoms with Crippen molar-refractivity contribution in [3.05, 3.63) is 0 Å². The van der Waals surface area contributed by atoms with Crippen LogP contribution < -0.4 is 5.73 Å². The zero-order chi connectivity index (χ0) is 9.52. The molecule has 1 rings (SSSR count). The topological polar surface area (TPSA) is 44.5 Å². The van der Waals surface area contributed by atoms with Crippen molar-refractivity contribution in [2.75, 3.05) is 19.8 Å². The SMILES string of the molecule is CC(CCN)CO[C@@H]1CCCCO1. The van der Waals surface area contributed by atoms with Gasteiger partial charge in [0.1, 0.15) is 0 Å². The fraction of sp³-hybridized carbons (Fsp3) is 1.00. The van der Waals surface area contributed by atoms with Gasteiger partial charge in [0.15, 0.2) is 6.29 Å². The first-order valence-electron chi connectivity index (χ1n) is 5.26. The van der Waals surface area contributed by atoms with Crippen LogP contribution in [0.5, 0.6) is 0 Å². The maximum atomic E-state index is 5.62. The summed E-state index contributed by atoms with van der Waals surface area (Å²) in [5.41, 5.74) is 5.45. The first-order chi connectivity index (χ1) is 6.33. The minimum atomic E-state index is 0.0500. The van der Waals surface area contributed by atoms with E-state index in [4.69, 9.17) is 15.2 Å². The minimum Gasteiger partial charge on any atom is -0.353 e. The summed E-state index contributed by atoms with van der Waals surface area (Å²) < 4.78 is 11.1. The summed E-state index contributed by atoms with van der Waals surface area (Å²) in [4.78, 5) is 0. The van der Waals surface area contributed by atoms with Crippen molar-refractivity contribution in [3.8, 4) is 0 Å². The van der Waals surface area contributed by atoms with Gasteiger partial charge in [-0.1, -0.05) is 6.92 Å². The van der Waals surface area contributed by atoms with E-state index in [0.717, 1.165) is 32.6 Å². The predicted molar refractivity (Wildman–Crippen MR) is 52.4 cm³/mol. The molecule has 0 bridgehead atoms. The van der Waals surface area contributed by atoms with Crippen molar-refractivity contribution in [2.45, 2.75) is 38.9 Å². The summed E-state index contributed by atoms with van der Waals surface area (Å²) in [5, 5.41) is 0. The van der Waals surface area contributed by atoms with E-state index in [9.17, 15) is 0 Å². The van der Waals surface area contributed by atoms with Crippen molar-refractivity contribution >= 4 is 0 Å². The third kappa shape index (κ3) is 4.60. The highest BCUT2D eigenvalue weighted by Crippen LogP contribution is 2.15. The lowest BCUT2D eigenvalue weighted by Gasteiger charge is -2.24. The molecule has 0 saturated carbocycles. The van der Waals surface area contributed by atoms with Crippen LogP contribution in [0.1, 0.15) is 32.6 Å². The zero-order valence-corrected chi connectivity index (χ0v) is 8.50. The summed E-state index contributed by atoms with van der Waals surface area (Å²) in [5.74, 6) is 0.551. The lowest BCUT2D eigenvalue weighted by atomic mass is 10.1. The number of hydrogen-bond acceptors (Lipinski definition) is 3. The average molecular weight is 187 g/mol. The van der Waals surface area contributed by atoms with Crippen LogP contribution in [0.3, 0.4) is 0 Å². The molecule has 0 spiro atoms. The summed E-state index contributed by atoms with van der Waals surface area (Å²) in [6, 6.07) is 0. The van der Waals surface area contributed by atoms with Gasteiger partial charge in [0, 0.05) is 6.61 Å². The Kier molecular flexibility index (Phi) is 5.35. The van der Waals surface area contributed by atoms with E-state index in [-0.39, 0.29) is 6.29 Å². The maximum absolute atomic E-state index is 5.62. The Morgan fingerprint density at radius 1 is 1.54 bits per heavy atom. The van der Waals surface area contributed by atoms with Crippen LogP contribution in [0.25, 0.3) is 0 Å². The second-order valence-corrected chi connectivity index (χ2v) is 3.81. The molecule has 1 unspecified atom stereocenters. The van der Waals surface area contributed by atoms with E-state index >= 15 is 0 Å². The molecule has 1 fully saturated rings. The quantitative estimate of drug-likeness (QED) is 0.709. The largest absolute Gasteiger partial charge is 0.353 e. The minimum absolute atomic E-state index is 0.0500. The Labute approximate surface area is 80.6 Å². The molecule has 0 aromatic heterocycles. The molecule has 0 aromatic carbocycles. The molecule has 13 heavy (non-hydrogen) atoms. The maximum Gasteiger partial charge on any atom is 0.157 e. The van der Waals surface area contributed by atoms with Crippen LogP contribution in [-0.4, -0.2) is 26.0 Å². The highest BCUT2D eigenvalue weighted by Gasteiger charge is 2.14. The van der Waals surface area contributed by atoms with Crippen LogP contribution >= 0.6 is 0 Å². The average Bonchev–Trinajstić information content (AvgIpc) is 2.17. The molecule has 1 aliphatic rings. The van der Waals surface area contributed by atoms with Gasteiger partial charge in [-0.05, 0) is 38.1 Å². The summed E-state index contributed by atoms with van der Waals surface area (Å²) >= 11 is 0. The van der Waals surface area contributed by atoms with E-state index in [1.165, 1.54) is 12.8 Å². The van der Waals surface area contributed by atoms with Crippen LogP contribution in [0.15, 0.2) is 0 Å². The highest BCUT2D eigenvalue weighted by atomic mass is 16.7. The van der Waals surface area contributed by atoms with Gasteiger partial charge in [-0.2, -0.15) is 0 Å². The van der Waals surface area contributed by atoms with Gasteiger partial charge >= 0.3 is 0 Å². The molecule has 0 aliphatic carbocycles. The van der Waals surface area contributed by atoms with Crippen molar-refractivity contribution < 1.29 is 9.47 Å². The van der Waals surface area contributed by atoms with Crippen molar-refractivity contribution in [1.82, 2.24) is 0 Å². The smallest absolute Gasteiger partial charge is 0.157 e. The van der Waals surface area contributed by atoms with E-state index in [1.807, 2.05) is 0 Å². The lowest BCUT2D eigenvalue weighted by Crippen LogP contribution is -2.25. The van der Waals surface area contributed by atoms with E-state index in [0.29, 0.717) is 5.92 Å². The monoisotopic (exact) mass is 187 g/mol. The van der Waals surface area contributed by atoms with Crippen molar-refractivity contribution in [1.29, 1.82) is 0 Å². The Balaban J connectivity index is 2.03. The number of hydrogen-bond donors (Lipinski definition) is 1. The van der Waals surface area contributed by atoms with Gasteiger partial charge in [-0.3, -0.25) is 0 Å². The Morgan fingerprint density at radius 3 is 3.00 bits per heavy atom. The van der Waals surface area contributed by atoms with E-state index in [2.05, 4.69) is 6.92 Å². The molecule has 0 amide bonds. The molecule has 0 radical (unpaired) electrons. The second kappa shape index (κ2) is 6.35. The standard InChI is InChI=1S/C10H21NO2/c1-9(5-6-11)8-13-10-4-2-3-7-12-10/h9-10H,2-8,11H2,1H3/t9?,10-/m1/s1. The Morgan fingerprint density at radius 2 is 2.38 bits per heavy atom. The fourth-order valence-corrected chi connectivity index (χ4v) is 1.48. The molecular formula is C10H21NO2. The zero-order valence-electron chi connectivity index (χ0n) is 8.50. The molecule has 2 N–H and O–H groups in total. The van der Waals surface area contributed by atoms with Gasteiger partial charge < -0.3 is 15.2 Å². The molecule has 0 aromatic rings. The predicted octanol–water partition coefficient (Wildman–Crippen LogP) is 1.51. The fourth-order valence-electron chi connectivity index (χ4n) is 1.48. The second-order valence-electron chi connectivity index (χ2n) is 3.81. The molecule has 3 heteroatoms. The Hall–Kier alpha value is -0.120. The third-order valence-corrected chi connectivity index (χ3v) is 2.36. The number of ether oxygens (including phenoxy) is 2. The molecular weight excluding hydrogens is 166 g/mol. The molecule has 1 heterocycles. The van der Waals surface area contributed by atoms with Crippen LogP contribution in [0.2, 0.25) is 0 Å². The van der Waals surface area contributed by atoms with Gasteiger partial charge in [0.05, 0.1) is 6.61 Å². The Bertz CT molecular complexity index is 124. The van der Waals surface area contributed by atoms with Crippen LogP contribution in [-0.2, 0) is 9.47 Å². The van der Waals surface area contributed by atoms with Crippen LogP contribution in [0, 0.1) is 5.92 Å². The molecule has 2 atom stereocenters. The number of rotatable bonds is 5. The van der Waals surface area contributed by atoms with Gasteiger partial charge in [0.25, 0.3) is 0 Å². The van der Waals surface area contributed by atoms with Gasteiger partial charge in [0.2, 0.25) is 0 Å². The first kappa shape index (κ1) is 11.0. The summed E-state index contributed by atoms with van der Waals surface area (Å²) in [6.45, 7) is 4.55.